The van der Waals surface area contributed by atoms with E-state index in [1.165, 1.54) is 4.31 Å². The summed E-state index contributed by atoms with van der Waals surface area (Å²) in [4.78, 5) is 27.9. The molecule has 0 unspecified atom stereocenters. The maximum Gasteiger partial charge on any atom is 0.321 e. The highest BCUT2D eigenvalue weighted by Gasteiger charge is 2.30. The Bertz CT molecular complexity index is 1040. The zero-order valence-electron chi connectivity index (χ0n) is 16.3. The summed E-state index contributed by atoms with van der Waals surface area (Å²) in [5.74, 6) is 0. The highest BCUT2D eigenvalue weighted by atomic mass is 32.2. The van der Waals surface area contributed by atoms with Crippen LogP contribution < -0.4 is 15.5 Å². The van der Waals surface area contributed by atoms with Gasteiger partial charge in [-0.3, -0.25) is 4.90 Å². The Morgan fingerprint density at radius 1 is 0.933 bits per heavy atom. The predicted molar refractivity (Wildman–Crippen MR) is 113 cm³/mol. The molecular formula is C20H23N5O4S. The van der Waals surface area contributed by atoms with Crippen LogP contribution in [0, 0.1) is 0 Å². The maximum atomic E-state index is 12.7. The molecule has 2 saturated heterocycles. The fourth-order valence-corrected chi connectivity index (χ4v) is 4.99. The molecule has 9 nitrogen and oxygen atoms in total. The molecule has 0 aliphatic carbocycles. The third kappa shape index (κ3) is 4.10. The van der Waals surface area contributed by atoms with Gasteiger partial charge in [-0.05, 0) is 30.3 Å². The van der Waals surface area contributed by atoms with Crippen LogP contribution in [0.25, 0.3) is 0 Å². The maximum absolute atomic E-state index is 12.7. The molecule has 2 aromatic rings. The lowest BCUT2D eigenvalue weighted by Crippen LogP contribution is -2.51. The summed E-state index contributed by atoms with van der Waals surface area (Å²) in [6.07, 6.45) is 0. The highest BCUT2D eigenvalue weighted by molar-refractivity contribution is 7.89. The van der Waals surface area contributed by atoms with E-state index < -0.39 is 10.0 Å². The van der Waals surface area contributed by atoms with Gasteiger partial charge in [-0.15, -0.1) is 0 Å². The Morgan fingerprint density at radius 2 is 1.67 bits per heavy atom. The van der Waals surface area contributed by atoms with Crippen molar-refractivity contribution in [2.24, 2.45) is 0 Å². The van der Waals surface area contributed by atoms with Gasteiger partial charge in [0.25, 0.3) is 0 Å². The molecule has 2 N–H and O–H groups in total. The van der Waals surface area contributed by atoms with Crippen molar-refractivity contribution in [2.45, 2.75) is 4.90 Å². The zero-order chi connectivity index (χ0) is 21.1. The van der Waals surface area contributed by atoms with Gasteiger partial charge in [-0.1, -0.05) is 24.3 Å². The van der Waals surface area contributed by atoms with Crippen LogP contribution in [-0.4, -0.2) is 69.0 Å². The minimum Gasteiger partial charge on any atom is -0.336 e. The monoisotopic (exact) mass is 429 g/mol. The lowest BCUT2D eigenvalue weighted by Gasteiger charge is -2.34. The van der Waals surface area contributed by atoms with E-state index in [1.807, 2.05) is 6.07 Å². The molecule has 4 rings (SSSR count). The number of piperazine rings is 1. The van der Waals surface area contributed by atoms with E-state index in [9.17, 15) is 18.0 Å². The highest BCUT2D eigenvalue weighted by Crippen LogP contribution is 2.22. The summed E-state index contributed by atoms with van der Waals surface area (Å²) < 4.78 is 26.8. The van der Waals surface area contributed by atoms with E-state index in [4.69, 9.17) is 0 Å². The van der Waals surface area contributed by atoms with Crippen LogP contribution in [0.1, 0.15) is 0 Å². The average molecular weight is 430 g/mol. The van der Waals surface area contributed by atoms with E-state index >= 15 is 0 Å². The van der Waals surface area contributed by atoms with Crippen LogP contribution in [0.5, 0.6) is 0 Å². The fraction of sp³-hybridized carbons (Fsp3) is 0.300. The lowest BCUT2D eigenvalue weighted by atomic mass is 10.2. The number of nitrogens with one attached hydrogen (secondary N) is 2. The standard InChI is InChI=1S/C20H23N5O4S/c26-19-21-9-10-25(19)17-6-4-5-16(15-17)22-20(27)23-11-13-24(14-12-23)30(28,29)18-7-2-1-3-8-18/h1-8,15H,9-14H2,(H,21,26)(H,22,27). The second kappa shape index (κ2) is 8.33. The Morgan fingerprint density at radius 3 is 2.33 bits per heavy atom. The van der Waals surface area contributed by atoms with Crippen molar-refractivity contribution >= 4 is 33.5 Å². The van der Waals surface area contributed by atoms with Gasteiger partial charge in [0.15, 0.2) is 0 Å². The molecular weight excluding hydrogens is 406 g/mol. The lowest BCUT2D eigenvalue weighted by molar-refractivity contribution is 0.184. The summed E-state index contributed by atoms with van der Waals surface area (Å²) >= 11 is 0. The van der Waals surface area contributed by atoms with E-state index in [0.717, 1.165) is 0 Å². The summed E-state index contributed by atoms with van der Waals surface area (Å²) in [5.41, 5.74) is 1.29. The number of urea groups is 2. The predicted octanol–water partition coefficient (Wildman–Crippen LogP) is 1.75. The number of amides is 4. The van der Waals surface area contributed by atoms with Gasteiger partial charge in [0, 0.05) is 50.6 Å². The van der Waals surface area contributed by atoms with Gasteiger partial charge in [0.1, 0.15) is 0 Å². The molecule has 2 aromatic carbocycles. The van der Waals surface area contributed by atoms with Crippen LogP contribution in [0.15, 0.2) is 59.5 Å². The van der Waals surface area contributed by atoms with Gasteiger partial charge in [-0.25, -0.2) is 18.0 Å². The van der Waals surface area contributed by atoms with Crippen LogP contribution in [0.4, 0.5) is 21.0 Å². The van der Waals surface area contributed by atoms with Gasteiger partial charge < -0.3 is 15.5 Å². The zero-order valence-corrected chi connectivity index (χ0v) is 17.1. The fourth-order valence-electron chi connectivity index (χ4n) is 3.55. The van der Waals surface area contributed by atoms with E-state index in [2.05, 4.69) is 10.6 Å². The molecule has 0 atom stereocenters. The van der Waals surface area contributed by atoms with Gasteiger partial charge in [0.05, 0.1) is 4.90 Å². The van der Waals surface area contributed by atoms with E-state index in [0.29, 0.717) is 37.6 Å². The number of anilines is 2. The minimum atomic E-state index is -3.56. The second-order valence-corrected chi connectivity index (χ2v) is 9.01. The SMILES string of the molecule is O=C(Nc1cccc(N2CCNC2=O)c1)N1CCN(S(=O)(=O)c2ccccc2)CC1. The van der Waals surface area contributed by atoms with Crippen molar-refractivity contribution in [1.29, 1.82) is 0 Å². The van der Waals surface area contributed by atoms with Gasteiger partial charge >= 0.3 is 12.1 Å². The molecule has 0 saturated carbocycles. The van der Waals surface area contributed by atoms with E-state index in [1.54, 1.807) is 58.3 Å². The first kappa shape index (κ1) is 20.2. The number of benzene rings is 2. The summed E-state index contributed by atoms with van der Waals surface area (Å²) in [6, 6.07) is 14.9. The topological polar surface area (TPSA) is 102 Å². The Balaban J connectivity index is 1.37. The molecule has 2 aliphatic heterocycles. The summed E-state index contributed by atoms with van der Waals surface area (Å²) in [7, 11) is -3.56. The quantitative estimate of drug-likeness (QED) is 0.773. The second-order valence-electron chi connectivity index (χ2n) is 7.07. The largest absolute Gasteiger partial charge is 0.336 e. The van der Waals surface area contributed by atoms with Crippen molar-refractivity contribution in [3.05, 3.63) is 54.6 Å². The van der Waals surface area contributed by atoms with Crippen molar-refractivity contribution in [3.63, 3.8) is 0 Å². The van der Waals surface area contributed by atoms with Crippen LogP contribution in [0.2, 0.25) is 0 Å². The number of hydrogen-bond acceptors (Lipinski definition) is 4. The number of carbonyl (C=O) groups excluding carboxylic acids is 2. The smallest absolute Gasteiger partial charge is 0.321 e. The molecule has 0 aromatic heterocycles. The first-order chi connectivity index (χ1) is 14.4. The van der Waals surface area contributed by atoms with Crippen LogP contribution in [-0.2, 0) is 10.0 Å². The molecule has 30 heavy (non-hydrogen) atoms. The molecule has 2 fully saturated rings. The first-order valence-corrected chi connectivity index (χ1v) is 11.2. The molecule has 0 spiro atoms. The Labute approximate surface area is 175 Å². The molecule has 158 valence electrons. The van der Waals surface area contributed by atoms with Crippen molar-refractivity contribution < 1.29 is 18.0 Å². The third-order valence-corrected chi connectivity index (χ3v) is 7.09. The number of nitrogens with zero attached hydrogens (tertiary/aromatic N) is 3. The van der Waals surface area contributed by atoms with Crippen LogP contribution in [0.3, 0.4) is 0 Å². The van der Waals surface area contributed by atoms with E-state index in [-0.39, 0.29) is 30.0 Å². The van der Waals surface area contributed by atoms with Crippen LogP contribution >= 0.6 is 0 Å². The Kier molecular flexibility index (Phi) is 5.60. The van der Waals surface area contributed by atoms with Gasteiger partial charge in [0.2, 0.25) is 10.0 Å². The molecule has 2 aliphatic rings. The van der Waals surface area contributed by atoms with Crippen molar-refractivity contribution in [2.75, 3.05) is 49.5 Å². The number of rotatable bonds is 4. The number of carbonyl (C=O) groups is 2. The minimum absolute atomic E-state index is 0.158. The van der Waals surface area contributed by atoms with Crippen molar-refractivity contribution in [1.82, 2.24) is 14.5 Å². The molecule has 4 amide bonds. The average Bonchev–Trinajstić information content (AvgIpc) is 3.20. The normalized spacial score (nSPS) is 17.7. The molecule has 0 radical (unpaired) electrons. The third-order valence-electron chi connectivity index (χ3n) is 5.17. The summed E-state index contributed by atoms with van der Waals surface area (Å²) in [5, 5.41) is 5.58. The summed E-state index contributed by atoms with van der Waals surface area (Å²) in [6.45, 7) is 2.23. The number of hydrogen-bond donors (Lipinski definition) is 2. The Hall–Kier alpha value is -3.11. The number of sulfonamides is 1. The van der Waals surface area contributed by atoms with Gasteiger partial charge in [-0.2, -0.15) is 4.31 Å². The molecule has 2 heterocycles. The first-order valence-electron chi connectivity index (χ1n) is 9.72. The van der Waals surface area contributed by atoms with Crippen molar-refractivity contribution in [3.8, 4) is 0 Å². The molecule has 0 bridgehead atoms. The molecule has 10 heteroatoms.